The van der Waals surface area contributed by atoms with Gasteiger partial charge in [-0.2, -0.15) is 5.10 Å². The highest BCUT2D eigenvalue weighted by Crippen LogP contribution is 2.34. The number of hydrogen-bond donors (Lipinski definition) is 1. The number of carbonyl (C=O) groups excluding carboxylic acids is 1. The first-order chi connectivity index (χ1) is 16.4. The zero-order valence-electron chi connectivity index (χ0n) is 19.5. The molecule has 8 heteroatoms. The maximum absolute atomic E-state index is 13.1. The van der Waals surface area contributed by atoms with Crippen LogP contribution in [0.15, 0.2) is 54.6 Å². The molecule has 5 aromatic rings. The second-order valence-corrected chi connectivity index (χ2v) is 9.30. The highest BCUT2D eigenvalue weighted by Gasteiger charge is 2.19. The fourth-order valence-electron chi connectivity index (χ4n) is 4.05. The van der Waals surface area contributed by atoms with Crippen molar-refractivity contribution in [1.82, 2.24) is 24.7 Å². The van der Waals surface area contributed by atoms with Crippen molar-refractivity contribution in [3.63, 3.8) is 0 Å². The monoisotopic (exact) mass is 468 g/mol. The van der Waals surface area contributed by atoms with Gasteiger partial charge in [0.15, 0.2) is 0 Å². The van der Waals surface area contributed by atoms with Crippen molar-refractivity contribution in [2.24, 2.45) is 0 Å². The van der Waals surface area contributed by atoms with Crippen molar-refractivity contribution in [3.8, 4) is 16.5 Å². The van der Waals surface area contributed by atoms with Gasteiger partial charge in [-0.15, -0.1) is 11.3 Å². The first-order valence-electron chi connectivity index (χ1n) is 11.0. The molecule has 3 aromatic heterocycles. The van der Waals surface area contributed by atoms with E-state index < -0.39 is 0 Å². The number of carbonyl (C=O) groups is 1. The maximum Gasteiger partial charge on any atom is 0.251 e. The molecular formula is C26H24N6OS. The Morgan fingerprint density at radius 1 is 0.941 bits per heavy atom. The zero-order chi connectivity index (χ0) is 23.8. The number of thiazole rings is 1. The SMILES string of the molecule is Cc1cc(C)nc(-n2nc(C)c(CC(=O)Nc3ccccc3-c3nc4ccccc4s3)c2C)n1. The van der Waals surface area contributed by atoms with Crippen LogP contribution in [-0.4, -0.2) is 30.6 Å². The van der Waals surface area contributed by atoms with Crippen molar-refractivity contribution < 1.29 is 4.79 Å². The van der Waals surface area contributed by atoms with Crippen LogP contribution < -0.4 is 5.32 Å². The molecule has 170 valence electrons. The van der Waals surface area contributed by atoms with E-state index in [0.717, 1.165) is 54.8 Å². The van der Waals surface area contributed by atoms with Crippen LogP contribution in [0.25, 0.3) is 26.7 Å². The fourth-order valence-corrected chi connectivity index (χ4v) is 5.05. The molecular weight excluding hydrogens is 444 g/mol. The lowest BCUT2D eigenvalue weighted by Gasteiger charge is -2.10. The molecule has 3 heterocycles. The lowest BCUT2D eigenvalue weighted by atomic mass is 10.1. The molecule has 0 spiro atoms. The Morgan fingerprint density at radius 3 is 2.41 bits per heavy atom. The molecule has 0 aliphatic heterocycles. The number of aromatic nitrogens is 5. The summed E-state index contributed by atoms with van der Waals surface area (Å²) in [5, 5.41) is 8.58. The highest BCUT2D eigenvalue weighted by atomic mass is 32.1. The predicted octanol–water partition coefficient (Wildman–Crippen LogP) is 5.35. The van der Waals surface area contributed by atoms with E-state index in [1.165, 1.54) is 0 Å². The molecule has 1 N–H and O–H groups in total. The summed E-state index contributed by atoms with van der Waals surface area (Å²) < 4.78 is 2.83. The molecule has 0 aliphatic carbocycles. The van der Waals surface area contributed by atoms with Crippen LogP contribution in [-0.2, 0) is 11.2 Å². The topological polar surface area (TPSA) is 85.6 Å². The van der Waals surface area contributed by atoms with E-state index in [1.54, 1.807) is 16.0 Å². The standard InChI is InChI=1S/C26H24N6OS/c1-15-13-16(2)28-26(27-15)32-18(4)20(17(3)31-32)14-24(33)29-21-10-6-5-9-19(21)25-30-22-11-7-8-12-23(22)34-25/h5-13H,14H2,1-4H3,(H,29,33). The van der Waals surface area contributed by atoms with E-state index >= 15 is 0 Å². The van der Waals surface area contributed by atoms with Gasteiger partial charge < -0.3 is 5.32 Å². The summed E-state index contributed by atoms with van der Waals surface area (Å²) in [6, 6.07) is 17.7. The number of fused-ring (bicyclic) bond motifs is 1. The second kappa shape index (κ2) is 8.79. The molecule has 0 radical (unpaired) electrons. The Bertz CT molecular complexity index is 1480. The van der Waals surface area contributed by atoms with Crippen LogP contribution in [0.1, 0.15) is 28.3 Å². The van der Waals surface area contributed by atoms with Crippen LogP contribution in [0, 0.1) is 27.7 Å². The number of nitrogens with zero attached hydrogens (tertiary/aromatic N) is 5. The molecule has 0 fully saturated rings. The van der Waals surface area contributed by atoms with Gasteiger partial charge in [-0.25, -0.2) is 19.6 Å². The van der Waals surface area contributed by atoms with Gasteiger partial charge >= 0.3 is 0 Å². The van der Waals surface area contributed by atoms with Crippen molar-refractivity contribution in [3.05, 3.63) is 82.9 Å². The largest absolute Gasteiger partial charge is 0.325 e. The van der Waals surface area contributed by atoms with Gasteiger partial charge in [-0.3, -0.25) is 4.79 Å². The first kappa shape index (κ1) is 21.9. The van der Waals surface area contributed by atoms with E-state index in [4.69, 9.17) is 4.98 Å². The average molecular weight is 469 g/mol. The zero-order valence-corrected chi connectivity index (χ0v) is 20.3. The predicted molar refractivity (Wildman–Crippen MR) is 135 cm³/mol. The summed E-state index contributed by atoms with van der Waals surface area (Å²) in [7, 11) is 0. The summed E-state index contributed by atoms with van der Waals surface area (Å²) >= 11 is 1.61. The Balaban J connectivity index is 1.41. The number of amides is 1. The third-order valence-electron chi connectivity index (χ3n) is 5.66. The van der Waals surface area contributed by atoms with Crippen LogP contribution >= 0.6 is 11.3 Å². The van der Waals surface area contributed by atoms with E-state index in [2.05, 4.69) is 26.4 Å². The summed E-state index contributed by atoms with van der Waals surface area (Å²) in [5.41, 5.74) is 6.87. The summed E-state index contributed by atoms with van der Waals surface area (Å²) in [6.07, 6.45) is 0.205. The van der Waals surface area contributed by atoms with Gasteiger partial charge in [-0.1, -0.05) is 24.3 Å². The number of para-hydroxylation sites is 2. The van der Waals surface area contributed by atoms with E-state index in [1.807, 2.05) is 76.2 Å². The van der Waals surface area contributed by atoms with Crippen LogP contribution in [0.2, 0.25) is 0 Å². The number of aryl methyl sites for hydroxylation is 3. The Kier molecular flexibility index (Phi) is 5.67. The molecule has 0 saturated heterocycles. The number of nitrogens with one attached hydrogen (secondary N) is 1. The van der Waals surface area contributed by atoms with Crippen molar-refractivity contribution in [1.29, 1.82) is 0 Å². The molecule has 1 amide bonds. The van der Waals surface area contributed by atoms with E-state index in [9.17, 15) is 4.79 Å². The molecule has 0 unspecified atom stereocenters. The van der Waals surface area contributed by atoms with Crippen LogP contribution in [0.5, 0.6) is 0 Å². The summed E-state index contributed by atoms with van der Waals surface area (Å²) in [5.74, 6) is 0.409. The van der Waals surface area contributed by atoms with Crippen molar-refractivity contribution in [2.45, 2.75) is 34.1 Å². The van der Waals surface area contributed by atoms with Gasteiger partial charge in [0.25, 0.3) is 5.95 Å². The molecule has 0 atom stereocenters. The number of hydrogen-bond acceptors (Lipinski definition) is 6. The molecule has 7 nitrogen and oxygen atoms in total. The number of anilines is 1. The lowest BCUT2D eigenvalue weighted by molar-refractivity contribution is -0.115. The minimum atomic E-state index is -0.111. The van der Waals surface area contributed by atoms with Crippen LogP contribution in [0.4, 0.5) is 5.69 Å². The summed E-state index contributed by atoms with van der Waals surface area (Å²) in [4.78, 5) is 26.9. The highest BCUT2D eigenvalue weighted by molar-refractivity contribution is 7.21. The molecule has 34 heavy (non-hydrogen) atoms. The minimum Gasteiger partial charge on any atom is -0.325 e. The van der Waals surface area contributed by atoms with Crippen molar-refractivity contribution in [2.75, 3.05) is 5.32 Å². The third kappa shape index (κ3) is 4.20. The number of rotatable bonds is 5. The second-order valence-electron chi connectivity index (χ2n) is 8.27. The molecule has 0 saturated carbocycles. The Labute approximate surface area is 201 Å². The average Bonchev–Trinajstić information content (AvgIpc) is 3.35. The molecule has 0 bridgehead atoms. The number of benzene rings is 2. The van der Waals surface area contributed by atoms with Gasteiger partial charge in [0.05, 0.1) is 28.0 Å². The minimum absolute atomic E-state index is 0.111. The molecule has 0 aliphatic rings. The van der Waals surface area contributed by atoms with Gasteiger partial charge in [0, 0.05) is 28.2 Å². The maximum atomic E-state index is 13.1. The normalized spacial score (nSPS) is 11.2. The van der Waals surface area contributed by atoms with E-state index in [0.29, 0.717) is 5.95 Å². The van der Waals surface area contributed by atoms with Crippen molar-refractivity contribution >= 4 is 33.1 Å². The molecule has 5 rings (SSSR count). The third-order valence-corrected chi connectivity index (χ3v) is 6.73. The first-order valence-corrected chi connectivity index (χ1v) is 11.8. The van der Waals surface area contributed by atoms with Gasteiger partial charge in [0.2, 0.25) is 5.91 Å². The Hall–Kier alpha value is -3.91. The van der Waals surface area contributed by atoms with Gasteiger partial charge in [-0.05, 0) is 58.0 Å². The lowest BCUT2D eigenvalue weighted by Crippen LogP contribution is -2.16. The fraction of sp³-hybridized carbons (Fsp3) is 0.192. The molecule has 2 aromatic carbocycles. The van der Waals surface area contributed by atoms with E-state index in [-0.39, 0.29) is 12.3 Å². The Morgan fingerprint density at radius 2 is 1.65 bits per heavy atom. The quantitative estimate of drug-likeness (QED) is 0.376. The smallest absolute Gasteiger partial charge is 0.251 e. The van der Waals surface area contributed by atoms with Crippen LogP contribution in [0.3, 0.4) is 0 Å². The van der Waals surface area contributed by atoms with Gasteiger partial charge in [0.1, 0.15) is 5.01 Å². The summed E-state index contributed by atoms with van der Waals surface area (Å²) in [6.45, 7) is 7.71.